The minimum absolute atomic E-state index is 0.0623. The molecule has 1 heterocycles. The summed E-state index contributed by atoms with van der Waals surface area (Å²) in [6, 6.07) is -0.697. The van der Waals surface area contributed by atoms with Crippen LogP contribution in [0.3, 0.4) is 0 Å². The van der Waals surface area contributed by atoms with Crippen LogP contribution >= 0.6 is 0 Å². The van der Waals surface area contributed by atoms with Gasteiger partial charge in [-0.3, -0.25) is 4.79 Å². The minimum atomic E-state index is -0.625. The number of likely N-dealkylation sites (tertiary alicyclic amines) is 1. The number of azide groups is 1. The summed E-state index contributed by atoms with van der Waals surface area (Å²) < 4.78 is 10.7. The predicted octanol–water partition coefficient (Wildman–Crippen LogP) is 3.26. The number of amides is 1. The normalized spacial score (nSPS) is 21.6. The maximum absolute atomic E-state index is 12.3. The monoisotopic (exact) mass is 326 g/mol. The van der Waals surface area contributed by atoms with Crippen LogP contribution in [-0.4, -0.2) is 47.8 Å². The number of rotatable bonds is 3. The Kier molecular flexibility index (Phi) is 5.88. The average Bonchev–Trinajstić information content (AvgIpc) is 2.76. The van der Waals surface area contributed by atoms with Gasteiger partial charge in [0.1, 0.15) is 12.2 Å². The Morgan fingerprint density at radius 1 is 1.26 bits per heavy atom. The van der Waals surface area contributed by atoms with Crippen LogP contribution in [0.15, 0.2) is 5.11 Å². The van der Waals surface area contributed by atoms with Crippen molar-refractivity contribution >= 4 is 12.1 Å². The molecule has 8 nitrogen and oxygen atoms in total. The Hall–Kier alpha value is -1.95. The predicted molar refractivity (Wildman–Crippen MR) is 84.7 cm³/mol. The average molecular weight is 326 g/mol. The molecule has 1 rings (SSSR count). The van der Waals surface area contributed by atoms with Crippen molar-refractivity contribution in [3.8, 4) is 0 Å². The lowest BCUT2D eigenvalue weighted by Crippen LogP contribution is -2.42. The first kappa shape index (κ1) is 19.1. The van der Waals surface area contributed by atoms with Crippen molar-refractivity contribution in [2.24, 2.45) is 10.5 Å². The van der Waals surface area contributed by atoms with E-state index in [4.69, 9.17) is 15.0 Å². The Bertz CT molecular complexity index is 501. The maximum Gasteiger partial charge on any atom is 0.410 e. The van der Waals surface area contributed by atoms with E-state index in [0.29, 0.717) is 6.42 Å². The van der Waals surface area contributed by atoms with Crippen LogP contribution in [0, 0.1) is 5.41 Å². The third kappa shape index (κ3) is 5.98. The molecule has 0 saturated carbocycles. The molecule has 1 amide bonds. The number of carbonyl (C=O) groups excluding carboxylic acids is 2. The van der Waals surface area contributed by atoms with Crippen LogP contribution in [-0.2, 0) is 14.3 Å². The molecule has 0 spiro atoms. The summed E-state index contributed by atoms with van der Waals surface area (Å²) in [5.74, 6) is -0.339. The van der Waals surface area contributed by atoms with E-state index in [2.05, 4.69) is 10.0 Å². The first-order chi connectivity index (χ1) is 10.4. The van der Waals surface area contributed by atoms with Crippen molar-refractivity contribution in [2.45, 2.75) is 65.6 Å². The first-order valence-electron chi connectivity index (χ1n) is 7.65. The zero-order valence-electron chi connectivity index (χ0n) is 14.7. The van der Waals surface area contributed by atoms with Crippen LogP contribution in [0.5, 0.6) is 0 Å². The summed E-state index contributed by atoms with van der Waals surface area (Å²) in [7, 11) is 0. The molecule has 0 aromatic heterocycles. The van der Waals surface area contributed by atoms with E-state index in [0.717, 1.165) is 0 Å². The molecule has 0 N–H and O–H groups in total. The zero-order chi connectivity index (χ0) is 17.8. The van der Waals surface area contributed by atoms with Crippen molar-refractivity contribution < 1.29 is 19.1 Å². The van der Waals surface area contributed by atoms with Gasteiger partial charge in [-0.1, -0.05) is 5.11 Å². The van der Waals surface area contributed by atoms with E-state index in [1.165, 1.54) is 4.90 Å². The zero-order valence-corrected chi connectivity index (χ0v) is 14.7. The van der Waals surface area contributed by atoms with Gasteiger partial charge in [-0.05, 0) is 53.5 Å². The van der Waals surface area contributed by atoms with Crippen LogP contribution < -0.4 is 0 Å². The number of nitrogens with zero attached hydrogens (tertiary/aromatic N) is 4. The summed E-state index contributed by atoms with van der Waals surface area (Å²) in [5.41, 5.74) is 7.35. The van der Waals surface area contributed by atoms with E-state index in [1.807, 2.05) is 0 Å². The van der Waals surface area contributed by atoms with Crippen LogP contribution in [0.4, 0.5) is 4.79 Å². The summed E-state index contributed by atoms with van der Waals surface area (Å²) in [6.45, 7) is 10.9. The van der Waals surface area contributed by atoms with Crippen molar-refractivity contribution in [3.63, 3.8) is 0 Å². The molecule has 1 aliphatic rings. The molecule has 0 bridgehead atoms. The molecule has 2 atom stereocenters. The molecule has 130 valence electrons. The lowest BCUT2D eigenvalue weighted by atomic mass is 9.97. The van der Waals surface area contributed by atoms with E-state index < -0.39 is 17.1 Å². The molecular formula is C15H26N4O4. The first-order valence-corrected chi connectivity index (χ1v) is 7.65. The molecule has 1 fully saturated rings. The van der Waals surface area contributed by atoms with Gasteiger partial charge >= 0.3 is 12.1 Å². The fraction of sp³-hybridized carbons (Fsp3) is 0.867. The summed E-state index contributed by atoms with van der Waals surface area (Å²) in [4.78, 5) is 28.5. The number of hydrogen-bond acceptors (Lipinski definition) is 5. The van der Waals surface area contributed by atoms with Crippen LogP contribution in [0.2, 0.25) is 0 Å². The summed E-state index contributed by atoms with van der Waals surface area (Å²) in [5, 5.41) is 3.67. The molecule has 1 saturated heterocycles. The summed E-state index contributed by atoms with van der Waals surface area (Å²) >= 11 is 0. The van der Waals surface area contributed by atoms with E-state index >= 15 is 0 Å². The third-order valence-electron chi connectivity index (χ3n) is 3.25. The van der Waals surface area contributed by atoms with Gasteiger partial charge in [-0.2, -0.15) is 0 Å². The van der Waals surface area contributed by atoms with Gasteiger partial charge in [-0.25, -0.2) is 4.79 Å². The molecule has 23 heavy (non-hydrogen) atoms. The quantitative estimate of drug-likeness (QED) is 0.343. The lowest BCUT2D eigenvalue weighted by molar-refractivity contribution is -0.154. The summed E-state index contributed by atoms with van der Waals surface area (Å²) in [6.07, 6.45) is -0.0503. The largest absolute Gasteiger partial charge is 0.463 e. The molecule has 0 aliphatic carbocycles. The van der Waals surface area contributed by atoms with E-state index in [1.54, 1.807) is 41.5 Å². The van der Waals surface area contributed by atoms with Gasteiger partial charge in [0.05, 0.1) is 17.5 Å². The fourth-order valence-electron chi connectivity index (χ4n) is 2.14. The van der Waals surface area contributed by atoms with Gasteiger partial charge in [0.25, 0.3) is 0 Å². The highest BCUT2D eigenvalue weighted by Gasteiger charge is 2.38. The second-order valence-electron chi connectivity index (χ2n) is 7.73. The van der Waals surface area contributed by atoms with Crippen molar-refractivity contribution in [2.75, 3.05) is 13.2 Å². The molecule has 1 aliphatic heterocycles. The molecule has 0 aromatic carbocycles. The van der Waals surface area contributed by atoms with Gasteiger partial charge < -0.3 is 14.4 Å². The van der Waals surface area contributed by atoms with Gasteiger partial charge in [0, 0.05) is 11.5 Å². The van der Waals surface area contributed by atoms with Gasteiger partial charge in [-0.15, -0.1) is 0 Å². The van der Waals surface area contributed by atoms with E-state index in [9.17, 15) is 9.59 Å². The van der Waals surface area contributed by atoms with Crippen LogP contribution in [0.1, 0.15) is 48.0 Å². The SMILES string of the molecule is CC(C)(C)OC(=O)N1C[C@H](N=[N+]=[N-])C[C@@H]1COC(=O)C(C)(C)C. The van der Waals surface area contributed by atoms with E-state index in [-0.39, 0.29) is 31.2 Å². The van der Waals surface area contributed by atoms with Gasteiger partial charge in [0.2, 0.25) is 0 Å². The number of carbonyl (C=O) groups is 2. The molecular weight excluding hydrogens is 300 g/mol. The van der Waals surface area contributed by atoms with Crippen molar-refractivity contribution in [1.29, 1.82) is 0 Å². The number of hydrogen-bond donors (Lipinski definition) is 0. The molecule has 0 unspecified atom stereocenters. The highest BCUT2D eigenvalue weighted by atomic mass is 16.6. The molecule has 0 radical (unpaired) electrons. The second kappa shape index (κ2) is 7.08. The highest BCUT2D eigenvalue weighted by molar-refractivity contribution is 5.75. The fourth-order valence-corrected chi connectivity index (χ4v) is 2.14. The number of esters is 1. The number of ether oxygens (including phenoxy) is 2. The van der Waals surface area contributed by atoms with Crippen molar-refractivity contribution in [1.82, 2.24) is 4.90 Å². The maximum atomic E-state index is 12.3. The Morgan fingerprint density at radius 2 is 1.87 bits per heavy atom. The highest BCUT2D eigenvalue weighted by Crippen LogP contribution is 2.25. The van der Waals surface area contributed by atoms with Gasteiger partial charge in [0.15, 0.2) is 0 Å². The molecule has 0 aromatic rings. The lowest BCUT2D eigenvalue weighted by Gasteiger charge is -2.29. The second-order valence-corrected chi connectivity index (χ2v) is 7.73. The Morgan fingerprint density at radius 3 is 2.35 bits per heavy atom. The third-order valence-corrected chi connectivity index (χ3v) is 3.25. The minimum Gasteiger partial charge on any atom is -0.463 e. The molecule has 8 heteroatoms. The Balaban J connectivity index is 2.77. The topological polar surface area (TPSA) is 105 Å². The van der Waals surface area contributed by atoms with Crippen molar-refractivity contribution in [3.05, 3.63) is 10.4 Å². The Labute approximate surface area is 136 Å². The standard InChI is InChI=1S/C15H26N4O4/c1-14(2,3)12(20)22-9-11-7-10(17-18-16)8-19(11)13(21)23-15(4,5)6/h10-11H,7-9H2,1-6H3/t10-,11-/m1/s1. The smallest absolute Gasteiger partial charge is 0.410 e. The van der Waals surface area contributed by atoms with Crippen LogP contribution in [0.25, 0.3) is 10.4 Å².